The molecule has 102 valence electrons. The van der Waals surface area contributed by atoms with Crippen LogP contribution >= 0.6 is 0 Å². The standard InChI is InChI=1S/C15H15N3O2/c1-17(2)14-9-6-12(7-10-14)5-8-13-4-3-11-16-15(13)18(19)20/h3-11H,1-2H3/b8-5+. The molecule has 0 amide bonds. The lowest BCUT2D eigenvalue weighted by Gasteiger charge is -2.11. The first kappa shape index (κ1) is 13.7. The van der Waals surface area contributed by atoms with Crippen LogP contribution in [0.25, 0.3) is 12.2 Å². The van der Waals surface area contributed by atoms with Gasteiger partial charge in [-0.25, -0.2) is 0 Å². The van der Waals surface area contributed by atoms with Crippen molar-refractivity contribution in [1.82, 2.24) is 4.98 Å². The van der Waals surface area contributed by atoms with Crippen LogP contribution in [0.15, 0.2) is 42.6 Å². The highest BCUT2D eigenvalue weighted by Crippen LogP contribution is 2.18. The molecule has 5 nitrogen and oxygen atoms in total. The van der Waals surface area contributed by atoms with Gasteiger partial charge in [-0.2, -0.15) is 0 Å². The van der Waals surface area contributed by atoms with Gasteiger partial charge in [-0.1, -0.05) is 18.2 Å². The highest BCUT2D eigenvalue weighted by molar-refractivity contribution is 5.73. The average molecular weight is 269 g/mol. The summed E-state index contributed by atoms with van der Waals surface area (Å²) in [7, 11) is 3.95. The quantitative estimate of drug-likeness (QED) is 0.631. The molecule has 20 heavy (non-hydrogen) atoms. The van der Waals surface area contributed by atoms with Gasteiger partial charge in [0.1, 0.15) is 6.20 Å². The van der Waals surface area contributed by atoms with Crippen LogP contribution in [0.1, 0.15) is 11.1 Å². The van der Waals surface area contributed by atoms with Gasteiger partial charge in [0.2, 0.25) is 0 Å². The first-order chi connectivity index (χ1) is 9.58. The van der Waals surface area contributed by atoms with Crippen LogP contribution in [0.3, 0.4) is 0 Å². The van der Waals surface area contributed by atoms with Crippen LogP contribution in [0.2, 0.25) is 0 Å². The molecule has 0 unspecified atom stereocenters. The maximum atomic E-state index is 10.9. The Labute approximate surface area is 117 Å². The van der Waals surface area contributed by atoms with Crippen molar-refractivity contribution in [2.75, 3.05) is 19.0 Å². The second kappa shape index (κ2) is 5.97. The Hall–Kier alpha value is -2.69. The number of nitrogens with zero attached hydrogens (tertiary/aromatic N) is 3. The summed E-state index contributed by atoms with van der Waals surface area (Å²) in [6.45, 7) is 0. The lowest BCUT2D eigenvalue weighted by atomic mass is 10.1. The SMILES string of the molecule is CN(C)c1ccc(/C=C/c2cccnc2[N+](=O)[O-])cc1. The van der Waals surface area contributed by atoms with Crippen molar-refractivity contribution in [2.45, 2.75) is 0 Å². The maximum Gasteiger partial charge on any atom is 0.370 e. The summed E-state index contributed by atoms with van der Waals surface area (Å²) in [5, 5.41) is 10.9. The number of rotatable bonds is 4. The molecule has 1 heterocycles. The van der Waals surface area contributed by atoms with Gasteiger partial charge in [-0.15, -0.1) is 0 Å². The van der Waals surface area contributed by atoms with Gasteiger partial charge < -0.3 is 15.0 Å². The van der Waals surface area contributed by atoms with Crippen molar-refractivity contribution in [1.29, 1.82) is 0 Å². The van der Waals surface area contributed by atoms with Gasteiger partial charge in [-0.3, -0.25) is 0 Å². The number of benzene rings is 1. The molecular formula is C15H15N3O2. The minimum absolute atomic E-state index is 0.131. The molecule has 0 spiro atoms. The smallest absolute Gasteiger partial charge is 0.370 e. The van der Waals surface area contributed by atoms with E-state index in [0.29, 0.717) is 5.56 Å². The zero-order chi connectivity index (χ0) is 14.5. The van der Waals surface area contributed by atoms with Crippen molar-refractivity contribution < 1.29 is 4.92 Å². The molecule has 0 radical (unpaired) electrons. The van der Waals surface area contributed by atoms with Crippen LogP contribution in [-0.2, 0) is 0 Å². The number of anilines is 1. The van der Waals surface area contributed by atoms with E-state index in [9.17, 15) is 10.1 Å². The van der Waals surface area contributed by atoms with E-state index in [-0.39, 0.29) is 5.82 Å². The van der Waals surface area contributed by atoms with Gasteiger partial charge in [0.25, 0.3) is 0 Å². The molecule has 0 bridgehead atoms. The normalized spacial score (nSPS) is 10.7. The van der Waals surface area contributed by atoms with Gasteiger partial charge in [0.05, 0.1) is 5.56 Å². The molecule has 1 aromatic carbocycles. The van der Waals surface area contributed by atoms with E-state index in [1.54, 1.807) is 18.2 Å². The second-order valence-electron chi connectivity index (χ2n) is 4.49. The summed E-state index contributed by atoms with van der Waals surface area (Å²) in [4.78, 5) is 16.2. The number of aromatic nitrogens is 1. The molecule has 0 aliphatic carbocycles. The molecule has 2 rings (SSSR count). The fourth-order valence-corrected chi connectivity index (χ4v) is 1.76. The Kier molecular flexibility index (Phi) is 4.10. The molecule has 1 aromatic heterocycles. The monoisotopic (exact) mass is 269 g/mol. The van der Waals surface area contributed by atoms with Crippen molar-refractivity contribution >= 4 is 23.7 Å². The predicted octanol–water partition coefficient (Wildman–Crippen LogP) is 3.23. The zero-order valence-corrected chi connectivity index (χ0v) is 11.4. The van der Waals surface area contributed by atoms with E-state index in [4.69, 9.17) is 0 Å². The van der Waals surface area contributed by atoms with E-state index in [1.807, 2.05) is 49.3 Å². The molecular weight excluding hydrogens is 254 g/mol. The second-order valence-corrected chi connectivity index (χ2v) is 4.49. The van der Waals surface area contributed by atoms with E-state index < -0.39 is 4.92 Å². The Morgan fingerprint density at radius 3 is 2.45 bits per heavy atom. The van der Waals surface area contributed by atoms with E-state index in [1.165, 1.54) is 6.20 Å². The summed E-state index contributed by atoms with van der Waals surface area (Å²) >= 11 is 0. The number of hydrogen-bond donors (Lipinski definition) is 0. The number of nitro groups is 1. The van der Waals surface area contributed by atoms with E-state index in [0.717, 1.165) is 11.3 Å². The molecule has 5 heteroatoms. The molecule has 2 aromatic rings. The summed E-state index contributed by atoms with van der Waals surface area (Å²) in [6.07, 6.45) is 4.96. The van der Waals surface area contributed by atoms with Gasteiger partial charge in [-0.05, 0) is 45.8 Å². The van der Waals surface area contributed by atoms with E-state index in [2.05, 4.69) is 4.98 Å². The Balaban J connectivity index is 2.23. The molecule has 0 atom stereocenters. The number of pyridine rings is 1. The molecule has 0 N–H and O–H groups in total. The fraction of sp³-hybridized carbons (Fsp3) is 0.133. The van der Waals surface area contributed by atoms with Gasteiger partial charge >= 0.3 is 5.82 Å². The van der Waals surface area contributed by atoms with Crippen molar-refractivity contribution in [3.8, 4) is 0 Å². The maximum absolute atomic E-state index is 10.9. The topological polar surface area (TPSA) is 59.3 Å². The highest BCUT2D eigenvalue weighted by atomic mass is 16.6. The molecule has 0 aliphatic rings. The first-order valence-electron chi connectivity index (χ1n) is 6.13. The van der Waals surface area contributed by atoms with Gasteiger partial charge in [0, 0.05) is 19.8 Å². The zero-order valence-electron chi connectivity index (χ0n) is 11.4. The summed E-state index contributed by atoms with van der Waals surface area (Å²) in [6, 6.07) is 11.3. The Bertz CT molecular complexity index is 634. The van der Waals surface area contributed by atoms with Crippen molar-refractivity contribution in [3.63, 3.8) is 0 Å². The molecule has 0 saturated carbocycles. The van der Waals surface area contributed by atoms with Crippen molar-refractivity contribution in [3.05, 3.63) is 63.8 Å². The minimum Gasteiger partial charge on any atom is -0.378 e. The third-order valence-corrected chi connectivity index (χ3v) is 2.85. The van der Waals surface area contributed by atoms with Crippen LogP contribution in [0.5, 0.6) is 0 Å². The van der Waals surface area contributed by atoms with Crippen molar-refractivity contribution in [2.24, 2.45) is 0 Å². The van der Waals surface area contributed by atoms with Crippen LogP contribution < -0.4 is 4.90 Å². The van der Waals surface area contributed by atoms with Gasteiger partial charge in [0.15, 0.2) is 0 Å². The summed E-state index contributed by atoms with van der Waals surface area (Å²) in [5.41, 5.74) is 2.58. The lowest BCUT2D eigenvalue weighted by molar-refractivity contribution is -0.389. The van der Waals surface area contributed by atoms with Crippen LogP contribution in [0.4, 0.5) is 11.5 Å². The first-order valence-corrected chi connectivity index (χ1v) is 6.13. The molecule has 0 saturated heterocycles. The average Bonchev–Trinajstić information content (AvgIpc) is 2.45. The van der Waals surface area contributed by atoms with E-state index >= 15 is 0 Å². The lowest BCUT2D eigenvalue weighted by Crippen LogP contribution is -2.07. The summed E-state index contributed by atoms with van der Waals surface area (Å²) in [5.74, 6) is -0.131. The Morgan fingerprint density at radius 2 is 1.85 bits per heavy atom. The molecule has 0 fully saturated rings. The van der Waals surface area contributed by atoms with Crippen LogP contribution in [-0.4, -0.2) is 24.0 Å². The minimum atomic E-state index is -0.477. The largest absolute Gasteiger partial charge is 0.378 e. The number of hydrogen-bond acceptors (Lipinski definition) is 4. The predicted molar refractivity (Wildman–Crippen MR) is 80.6 cm³/mol. The third kappa shape index (κ3) is 3.20. The Morgan fingerprint density at radius 1 is 1.15 bits per heavy atom. The summed E-state index contributed by atoms with van der Waals surface area (Å²) < 4.78 is 0. The van der Waals surface area contributed by atoms with Crippen LogP contribution in [0, 0.1) is 10.1 Å². The third-order valence-electron chi connectivity index (χ3n) is 2.85. The fourth-order valence-electron chi connectivity index (χ4n) is 1.76. The molecule has 0 aliphatic heterocycles. The highest BCUT2D eigenvalue weighted by Gasteiger charge is 2.10.